The molecule has 0 bridgehead atoms. The van der Waals surface area contributed by atoms with Crippen LogP contribution in [0.5, 0.6) is 5.88 Å². The molecule has 1 aliphatic rings. The van der Waals surface area contributed by atoms with Crippen LogP contribution in [0.3, 0.4) is 0 Å². The molecule has 4 N–H and O–H groups in total. The van der Waals surface area contributed by atoms with Crippen LogP contribution in [0, 0.1) is 0 Å². The number of carbonyl (C=O) groups is 2. The van der Waals surface area contributed by atoms with Crippen molar-refractivity contribution in [3.63, 3.8) is 0 Å². The first-order valence-corrected chi connectivity index (χ1v) is 8.12. The van der Waals surface area contributed by atoms with Gasteiger partial charge in [0.25, 0.3) is 5.91 Å². The van der Waals surface area contributed by atoms with E-state index in [1.165, 1.54) is 0 Å². The smallest absolute Gasteiger partial charge is 0.260 e. The van der Waals surface area contributed by atoms with E-state index in [0.717, 1.165) is 11.3 Å². The summed E-state index contributed by atoms with van der Waals surface area (Å²) >= 11 is 1.13. The predicted molar refractivity (Wildman–Crippen MR) is 88.0 cm³/mol. The van der Waals surface area contributed by atoms with Gasteiger partial charge in [0.2, 0.25) is 11.8 Å². The van der Waals surface area contributed by atoms with Crippen molar-refractivity contribution >= 4 is 44.9 Å². The zero-order valence-corrected chi connectivity index (χ0v) is 13.5. The number of carbonyl (C=O) groups excluding carboxylic acids is 2. The van der Waals surface area contributed by atoms with E-state index in [-0.39, 0.29) is 16.3 Å². The summed E-state index contributed by atoms with van der Waals surface area (Å²) in [5, 5.41) is 0.516. The van der Waals surface area contributed by atoms with Crippen LogP contribution in [-0.2, 0) is 4.79 Å². The highest BCUT2D eigenvalue weighted by molar-refractivity contribution is 7.21. The third-order valence-electron chi connectivity index (χ3n) is 3.65. The monoisotopic (exact) mass is 335 g/mol. The van der Waals surface area contributed by atoms with Crippen molar-refractivity contribution in [1.29, 1.82) is 0 Å². The maximum absolute atomic E-state index is 11.5. The van der Waals surface area contributed by atoms with Crippen molar-refractivity contribution in [2.45, 2.75) is 19.8 Å². The first-order chi connectivity index (χ1) is 11.0. The number of hydrogen-bond donors (Lipinski definition) is 2. The molecule has 1 saturated heterocycles. The van der Waals surface area contributed by atoms with Gasteiger partial charge in [-0.2, -0.15) is 4.98 Å². The zero-order chi connectivity index (χ0) is 16.6. The lowest BCUT2D eigenvalue weighted by Gasteiger charge is -2.26. The van der Waals surface area contributed by atoms with Crippen LogP contribution in [0.1, 0.15) is 29.4 Å². The van der Waals surface area contributed by atoms with E-state index in [1.54, 1.807) is 0 Å². The molecule has 3 rings (SSSR count). The number of nitrogens with two attached hydrogens (primary N) is 2. The first kappa shape index (κ1) is 15.5. The minimum Gasteiger partial charge on any atom is -0.477 e. The standard InChI is InChI=1S/C14H17N5O3S/c1-2-22-12-8-9(15)10(11(16)21)23-13(8)18-14(17-12)19-5-3-7(20)4-6-19/h2-6,15H2,1H3,(H2,16,21). The van der Waals surface area contributed by atoms with Crippen LogP contribution in [0.25, 0.3) is 10.2 Å². The molecule has 0 atom stereocenters. The molecule has 1 amide bonds. The summed E-state index contributed by atoms with van der Waals surface area (Å²) in [6.07, 6.45) is 0.953. The quantitative estimate of drug-likeness (QED) is 0.852. The molecule has 0 saturated carbocycles. The molecule has 23 heavy (non-hydrogen) atoms. The van der Waals surface area contributed by atoms with Crippen molar-refractivity contribution in [2.24, 2.45) is 5.73 Å². The second-order valence-corrected chi connectivity index (χ2v) is 6.18. The number of anilines is 2. The lowest BCUT2D eigenvalue weighted by atomic mass is 10.1. The van der Waals surface area contributed by atoms with Gasteiger partial charge in [0.15, 0.2) is 0 Å². The van der Waals surface area contributed by atoms with Crippen molar-refractivity contribution < 1.29 is 14.3 Å². The molecule has 0 unspecified atom stereocenters. The number of thiophene rings is 1. The molecule has 3 heterocycles. The number of nitrogens with zero attached hydrogens (tertiary/aromatic N) is 3. The van der Waals surface area contributed by atoms with Gasteiger partial charge in [0.1, 0.15) is 15.5 Å². The average Bonchev–Trinajstić information content (AvgIpc) is 2.86. The number of fused-ring (bicyclic) bond motifs is 1. The summed E-state index contributed by atoms with van der Waals surface area (Å²) in [5.74, 6) is 0.457. The molecule has 0 aromatic carbocycles. The lowest BCUT2D eigenvalue weighted by Crippen LogP contribution is -2.35. The SMILES string of the molecule is CCOc1nc(N2CCC(=O)CC2)nc2sc(C(N)=O)c(N)c12. The minimum absolute atomic E-state index is 0.240. The number of aromatic nitrogens is 2. The first-order valence-electron chi connectivity index (χ1n) is 7.30. The number of ketones is 1. The number of hydrogen-bond acceptors (Lipinski definition) is 8. The van der Waals surface area contributed by atoms with E-state index in [2.05, 4.69) is 9.97 Å². The molecule has 2 aromatic heterocycles. The summed E-state index contributed by atoms with van der Waals surface area (Å²) in [4.78, 5) is 34.5. The van der Waals surface area contributed by atoms with E-state index >= 15 is 0 Å². The molecular weight excluding hydrogens is 318 g/mol. The third-order valence-corrected chi connectivity index (χ3v) is 4.77. The number of piperidine rings is 1. The van der Waals surface area contributed by atoms with Crippen LogP contribution in [0.15, 0.2) is 0 Å². The van der Waals surface area contributed by atoms with E-state index in [0.29, 0.717) is 54.6 Å². The molecule has 1 fully saturated rings. The Morgan fingerprint density at radius 1 is 1.35 bits per heavy atom. The molecule has 9 heteroatoms. The fourth-order valence-corrected chi connectivity index (χ4v) is 3.43. The summed E-state index contributed by atoms with van der Waals surface area (Å²) < 4.78 is 5.58. The Labute approximate surface area is 136 Å². The maximum atomic E-state index is 11.5. The largest absolute Gasteiger partial charge is 0.477 e. The molecule has 8 nitrogen and oxygen atoms in total. The molecule has 1 aliphatic heterocycles. The molecule has 0 spiro atoms. The van der Waals surface area contributed by atoms with Gasteiger partial charge < -0.3 is 21.1 Å². The maximum Gasteiger partial charge on any atom is 0.260 e. The number of nitrogen functional groups attached to an aromatic ring is 1. The molecule has 122 valence electrons. The number of amides is 1. The minimum atomic E-state index is -0.599. The van der Waals surface area contributed by atoms with Crippen molar-refractivity contribution in [3.05, 3.63) is 4.88 Å². The fraction of sp³-hybridized carbons (Fsp3) is 0.429. The van der Waals surface area contributed by atoms with Crippen LogP contribution >= 0.6 is 11.3 Å². The molecule has 0 aliphatic carbocycles. The van der Waals surface area contributed by atoms with Gasteiger partial charge in [0.05, 0.1) is 17.7 Å². The normalized spacial score (nSPS) is 15.2. The topological polar surface area (TPSA) is 124 Å². The highest BCUT2D eigenvalue weighted by Gasteiger charge is 2.24. The van der Waals surface area contributed by atoms with E-state index in [4.69, 9.17) is 16.2 Å². The second-order valence-electron chi connectivity index (χ2n) is 5.18. The van der Waals surface area contributed by atoms with Crippen LogP contribution in [-0.4, -0.2) is 41.4 Å². The summed E-state index contributed by atoms with van der Waals surface area (Å²) in [6.45, 7) is 3.38. The summed E-state index contributed by atoms with van der Waals surface area (Å²) in [5.41, 5.74) is 11.6. The van der Waals surface area contributed by atoms with Gasteiger partial charge >= 0.3 is 0 Å². The number of primary amides is 1. The highest BCUT2D eigenvalue weighted by Crippen LogP contribution is 2.38. The summed E-state index contributed by atoms with van der Waals surface area (Å²) in [6, 6.07) is 0. The lowest BCUT2D eigenvalue weighted by molar-refractivity contribution is -0.119. The zero-order valence-electron chi connectivity index (χ0n) is 12.7. The van der Waals surface area contributed by atoms with Gasteiger partial charge in [0, 0.05) is 25.9 Å². The number of rotatable bonds is 4. The predicted octanol–water partition coefficient (Wildman–Crippen LogP) is 0.940. The van der Waals surface area contributed by atoms with Gasteiger partial charge in [-0.05, 0) is 6.92 Å². The average molecular weight is 335 g/mol. The number of Topliss-reactive ketones (excluding diaryl/α,β-unsaturated/α-hetero) is 1. The van der Waals surface area contributed by atoms with E-state index in [1.807, 2.05) is 11.8 Å². The molecule has 2 aromatic rings. The molecule has 0 radical (unpaired) electrons. The Balaban J connectivity index is 2.10. The van der Waals surface area contributed by atoms with Gasteiger partial charge in [-0.15, -0.1) is 11.3 Å². The Kier molecular flexibility index (Phi) is 4.03. The van der Waals surface area contributed by atoms with Crippen LogP contribution in [0.2, 0.25) is 0 Å². The Hall–Kier alpha value is -2.42. The van der Waals surface area contributed by atoms with E-state index in [9.17, 15) is 9.59 Å². The van der Waals surface area contributed by atoms with Crippen LogP contribution < -0.4 is 21.1 Å². The fourth-order valence-electron chi connectivity index (χ4n) is 2.50. The second kappa shape index (κ2) is 5.99. The molecular formula is C14H17N5O3S. The van der Waals surface area contributed by atoms with Gasteiger partial charge in [-0.25, -0.2) is 4.98 Å². The highest BCUT2D eigenvalue weighted by atomic mass is 32.1. The van der Waals surface area contributed by atoms with Gasteiger partial charge in [-0.1, -0.05) is 0 Å². The third kappa shape index (κ3) is 2.79. The van der Waals surface area contributed by atoms with Gasteiger partial charge in [-0.3, -0.25) is 9.59 Å². The Bertz CT molecular complexity index is 778. The summed E-state index contributed by atoms with van der Waals surface area (Å²) in [7, 11) is 0. The van der Waals surface area contributed by atoms with Crippen molar-refractivity contribution in [2.75, 3.05) is 30.3 Å². The van der Waals surface area contributed by atoms with Crippen molar-refractivity contribution in [3.8, 4) is 5.88 Å². The van der Waals surface area contributed by atoms with Crippen LogP contribution in [0.4, 0.5) is 11.6 Å². The Morgan fingerprint density at radius 2 is 2.04 bits per heavy atom. The van der Waals surface area contributed by atoms with Crippen molar-refractivity contribution in [1.82, 2.24) is 9.97 Å². The number of ether oxygens (including phenoxy) is 1. The Morgan fingerprint density at radius 3 is 2.65 bits per heavy atom. The van der Waals surface area contributed by atoms with E-state index < -0.39 is 5.91 Å².